The quantitative estimate of drug-likeness (QED) is 0.417. The minimum atomic E-state index is -0.300. The molecule has 3 aromatic carbocycles. The Morgan fingerprint density at radius 2 is 1.59 bits per heavy atom. The number of ketones is 1. The van der Waals surface area contributed by atoms with Crippen molar-refractivity contribution in [2.45, 2.75) is 20.3 Å². The standard InChI is InChI=1S/C25H18O4/c1-13(2)11-12-18-19-20-21(23(27)15-8-4-3-7-14(15)22(19)26)24(28)16-9-5-6-10-17(16)25(20)29-18/h3-11,27H,12H2,1-2H3. The lowest BCUT2D eigenvalue weighted by molar-refractivity contribution is 0.103. The number of rotatable bonds is 2. The van der Waals surface area contributed by atoms with E-state index >= 15 is 0 Å². The zero-order chi connectivity index (χ0) is 20.3. The molecule has 1 aliphatic carbocycles. The first-order valence-corrected chi connectivity index (χ1v) is 9.50. The maximum Gasteiger partial charge on any atom is 0.198 e. The van der Waals surface area contributed by atoms with Crippen molar-refractivity contribution in [2.24, 2.45) is 0 Å². The Labute approximate surface area is 166 Å². The molecule has 0 amide bonds. The minimum Gasteiger partial charge on any atom is -0.506 e. The number of hydrogen-bond acceptors (Lipinski definition) is 4. The van der Waals surface area contributed by atoms with E-state index in [1.165, 1.54) is 0 Å². The number of aromatic hydroxyl groups is 1. The summed E-state index contributed by atoms with van der Waals surface area (Å²) in [5.74, 6) is 0.497. The fraction of sp³-hybridized carbons (Fsp3) is 0.120. The Balaban J connectivity index is 2.08. The molecule has 1 heterocycles. The van der Waals surface area contributed by atoms with Crippen molar-refractivity contribution in [3.63, 3.8) is 0 Å². The summed E-state index contributed by atoms with van der Waals surface area (Å²) >= 11 is 0. The fourth-order valence-corrected chi connectivity index (χ4v) is 4.10. The number of hydrogen-bond donors (Lipinski definition) is 1. The van der Waals surface area contributed by atoms with Gasteiger partial charge in [0, 0.05) is 33.7 Å². The van der Waals surface area contributed by atoms with Crippen molar-refractivity contribution in [1.29, 1.82) is 0 Å². The average Bonchev–Trinajstić information content (AvgIpc) is 3.07. The second-order valence-electron chi connectivity index (χ2n) is 7.56. The van der Waals surface area contributed by atoms with E-state index in [9.17, 15) is 14.7 Å². The molecule has 0 spiro atoms. The average molecular weight is 382 g/mol. The molecule has 0 atom stereocenters. The van der Waals surface area contributed by atoms with Gasteiger partial charge in [-0.15, -0.1) is 0 Å². The smallest absolute Gasteiger partial charge is 0.198 e. The van der Waals surface area contributed by atoms with Gasteiger partial charge in [-0.05, 0) is 13.8 Å². The SMILES string of the molecule is CC(C)=CCc1oc2c3c(c(O)c4ccccc4c(=O)c13)C(=O)c1ccccc1-2. The van der Waals surface area contributed by atoms with Crippen LogP contribution >= 0.6 is 0 Å². The summed E-state index contributed by atoms with van der Waals surface area (Å²) in [7, 11) is 0. The van der Waals surface area contributed by atoms with Crippen LogP contribution in [-0.2, 0) is 6.42 Å². The molecule has 5 rings (SSSR count). The summed E-state index contributed by atoms with van der Waals surface area (Å²) in [6.07, 6.45) is 2.42. The van der Waals surface area contributed by atoms with Gasteiger partial charge in [-0.25, -0.2) is 0 Å². The molecule has 0 unspecified atom stereocenters. The largest absolute Gasteiger partial charge is 0.506 e. The van der Waals surface area contributed by atoms with Crippen LogP contribution in [0.25, 0.3) is 32.9 Å². The normalized spacial score (nSPS) is 12.3. The molecule has 1 aromatic heterocycles. The van der Waals surface area contributed by atoms with E-state index in [1.54, 1.807) is 36.4 Å². The second kappa shape index (κ2) is 6.17. The van der Waals surface area contributed by atoms with Gasteiger partial charge in [-0.1, -0.05) is 60.2 Å². The monoisotopic (exact) mass is 382 g/mol. The van der Waals surface area contributed by atoms with Crippen molar-refractivity contribution < 1.29 is 14.3 Å². The highest BCUT2D eigenvalue weighted by molar-refractivity contribution is 6.28. The fourth-order valence-electron chi connectivity index (χ4n) is 4.10. The molecule has 1 N–H and O–H groups in total. The van der Waals surface area contributed by atoms with Gasteiger partial charge in [0.1, 0.15) is 17.3 Å². The van der Waals surface area contributed by atoms with Crippen LogP contribution in [0.5, 0.6) is 5.75 Å². The molecule has 0 radical (unpaired) electrons. The van der Waals surface area contributed by atoms with Crippen LogP contribution in [0.3, 0.4) is 0 Å². The molecule has 4 aromatic rings. The van der Waals surface area contributed by atoms with E-state index in [-0.39, 0.29) is 22.5 Å². The molecule has 4 heteroatoms. The highest BCUT2D eigenvalue weighted by Crippen LogP contribution is 2.45. The Morgan fingerprint density at radius 1 is 0.931 bits per heavy atom. The van der Waals surface area contributed by atoms with Crippen LogP contribution in [0.15, 0.2) is 69.4 Å². The molecule has 1 aliphatic rings. The third-order valence-electron chi connectivity index (χ3n) is 5.46. The third-order valence-corrected chi connectivity index (χ3v) is 5.46. The summed E-state index contributed by atoms with van der Waals surface area (Å²) in [4.78, 5) is 26.9. The number of carbonyl (C=O) groups excluding carboxylic acids is 1. The van der Waals surface area contributed by atoms with E-state index < -0.39 is 0 Å². The lowest BCUT2D eigenvalue weighted by Crippen LogP contribution is -2.08. The van der Waals surface area contributed by atoms with Gasteiger partial charge in [0.25, 0.3) is 0 Å². The lowest BCUT2D eigenvalue weighted by atomic mass is 9.88. The highest BCUT2D eigenvalue weighted by atomic mass is 16.3. The van der Waals surface area contributed by atoms with Crippen molar-refractivity contribution in [3.05, 3.63) is 87.3 Å². The van der Waals surface area contributed by atoms with Gasteiger partial charge in [0.15, 0.2) is 11.2 Å². The van der Waals surface area contributed by atoms with Crippen molar-refractivity contribution >= 4 is 27.3 Å². The van der Waals surface area contributed by atoms with Crippen molar-refractivity contribution in [2.75, 3.05) is 0 Å². The van der Waals surface area contributed by atoms with Gasteiger partial charge in [0.2, 0.25) is 0 Å². The first kappa shape index (κ1) is 17.4. The molecular weight excluding hydrogens is 364 g/mol. The van der Waals surface area contributed by atoms with E-state index in [2.05, 4.69) is 0 Å². The minimum absolute atomic E-state index is 0.138. The van der Waals surface area contributed by atoms with Gasteiger partial charge < -0.3 is 9.52 Å². The van der Waals surface area contributed by atoms with Crippen LogP contribution in [0, 0.1) is 0 Å². The molecule has 0 fully saturated rings. The summed E-state index contributed by atoms with van der Waals surface area (Å²) in [6.45, 7) is 3.96. The Kier molecular flexibility index (Phi) is 3.71. The molecule has 0 saturated heterocycles. The molecule has 0 bridgehead atoms. The summed E-state index contributed by atoms with van der Waals surface area (Å²) in [6, 6.07) is 14.0. The maximum absolute atomic E-state index is 13.5. The van der Waals surface area contributed by atoms with E-state index in [0.29, 0.717) is 50.6 Å². The predicted octanol–water partition coefficient (Wildman–Crippen LogP) is 5.37. The maximum atomic E-state index is 13.5. The molecule has 29 heavy (non-hydrogen) atoms. The predicted molar refractivity (Wildman–Crippen MR) is 114 cm³/mol. The summed E-state index contributed by atoms with van der Waals surface area (Å²) in [5, 5.41) is 12.6. The molecular formula is C25H18O4. The van der Waals surface area contributed by atoms with Gasteiger partial charge in [-0.2, -0.15) is 0 Å². The summed E-state index contributed by atoms with van der Waals surface area (Å²) in [5.41, 5.74) is 2.11. The zero-order valence-electron chi connectivity index (χ0n) is 16.1. The van der Waals surface area contributed by atoms with Crippen LogP contribution < -0.4 is 5.43 Å². The topological polar surface area (TPSA) is 67.5 Å². The van der Waals surface area contributed by atoms with E-state index in [0.717, 1.165) is 5.57 Å². The summed E-state index contributed by atoms with van der Waals surface area (Å²) < 4.78 is 6.19. The zero-order valence-corrected chi connectivity index (χ0v) is 16.1. The molecule has 4 nitrogen and oxygen atoms in total. The number of carbonyl (C=O) groups is 1. The Morgan fingerprint density at radius 3 is 2.31 bits per heavy atom. The second-order valence-corrected chi connectivity index (χ2v) is 7.56. The number of benzene rings is 2. The van der Waals surface area contributed by atoms with Gasteiger partial charge in [0.05, 0.1) is 10.9 Å². The lowest BCUT2D eigenvalue weighted by Gasteiger charge is -2.14. The molecule has 142 valence electrons. The molecule has 0 aliphatic heterocycles. The van der Waals surface area contributed by atoms with E-state index in [4.69, 9.17) is 4.42 Å². The Bertz CT molecular complexity index is 1430. The van der Waals surface area contributed by atoms with Crippen LogP contribution in [0.2, 0.25) is 0 Å². The van der Waals surface area contributed by atoms with Gasteiger partial charge >= 0.3 is 0 Å². The highest BCUT2D eigenvalue weighted by Gasteiger charge is 2.33. The third kappa shape index (κ3) is 2.39. The van der Waals surface area contributed by atoms with Crippen LogP contribution in [-0.4, -0.2) is 10.9 Å². The van der Waals surface area contributed by atoms with Crippen molar-refractivity contribution in [1.82, 2.24) is 0 Å². The van der Waals surface area contributed by atoms with Crippen molar-refractivity contribution in [3.8, 4) is 17.1 Å². The first-order valence-electron chi connectivity index (χ1n) is 9.50. The number of allylic oxidation sites excluding steroid dienone is 2. The van der Waals surface area contributed by atoms with Crippen LogP contribution in [0.1, 0.15) is 35.5 Å². The number of furan rings is 1. The molecule has 0 saturated carbocycles. The van der Waals surface area contributed by atoms with Gasteiger partial charge in [-0.3, -0.25) is 9.59 Å². The van der Waals surface area contributed by atoms with Crippen LogP contribution in [0.4, 0.5) is 0 Å². The Hall–Kier alpha value is -3.66. The van der Waals surface area contributed by atoms with E-state index in [1.807, 2.05) is 32.1 Å². The number of fused-ring (bicyclic) bond motifs is 3. The first-order chi connectivity index (χ1) is 14.0.